The molecule has 0 atom stereocenters. The van der Waals surface area contributed by atoms with E-state index in [0.717, 1.165) is 0 Å². The molecule has 0 fully saturated rings. The smallest absolute Gasteiger partial charge is 0.387 e. The number of hydrazone groups is 1. The highest BCUT2D eigenvalue weighted by atomic mass is 79.9. The van der Waals surface area contributed by atoms with Crippen molar-refractivity contribution in [3.63, 3.8) is 0 Å². The average Bonchev–Trinajstić information content (AvgIpc) is 2.31. The number of nitrogens with two attached hydrogens (primary N) is 1. The second-order valence-electron chi connectivity index (χ2n) is 3.12. The van der Waals surface area contributed by atoms with Crippen LogP contribution in [-0.2, 0) is 0 Å². The number of nitriles is 1. The number of nitrogens with one attached hydrogen (secondary N) is 2. The Morgan fingerprint density at radius 1 is 1.58 bits per heavy atom. The second kappa shape index (κ2) is 6.65. The summed E-state index contributed by atoms with van der Waals surface area (Å²) in [6.07, 6.45) is 0. The van der Waals surface area contributed by atoms with Crippen molar-refractivity contribution in [1.29, 1.82) is 10.7 Å². The molecule has 1 rings (SSSR count). The van der Waals surface area contributed by atoms with Crippen LogP contribution in [0.4, 0.5) is 14.5 Å². The summed E-state index contributed by atoms with van der Waals surface area (Å²) in [4.78, 5) is 0. The number of anilines is 1. The number of alkyl halides is 2. The maximum Gasteiger partial charge on any atom is 0.387 e. The zero-order valence-corrected chi connectivity index (χ0v) is 10.9. The molecule has 9 heteroatoms. The molecule has 1 aromatic carbocycles. The fraction of sp³-hybridized carbons (Fsp3) is 0.100. The van der Waals surface area contributed by atoms with Crippen molar-refractivity contribution in [2.45, 2.75) is 6.61 Å². The van der Waals surface area contributed by atoms with Crippen molar-refractivity contribution in [3.05, 3.63) is 22.7 Å². The minimum Gasteiger partial charge on any atom is -0.433 e. The van der Waals surface area contributed by atoms with Crippen molar-refractivity contribution in [1.82, 2.24) is 0 Å². The average molecular weight is 332 g/mol. The molecular formula is C10H8BrF2N5O. The number of amidine groups is 1. The first-order valence-corrected chi connectivity index (χ1v) is 5.56. The fourth-order valence-electron chi connectivity index (χ4n) is 1.04. The predicted molar refractivity (Wildman–Crippen MR) is 69.4 cm³/mol. The fourth-order valence-corrected chi connectivity index (χ4v) is 1.38. The molecule has 4 N–H and O–H groups in total. The van der Waals surface area contributed by atoms with Gasteiger partial charge in [0.25, 0.3) is 0 Å². The first kappa shape index (κ1) is 14.8. The molecule has 0 aliphatic carbocycles. The van der Waals surface area contributed by atoms with Crippen molar-refractivity contribution < 1.29 is 13.5 Å². The monoisotopic (exact) mass is 331 g/mol. The molecule has 100 valence electrons. The molecule has 0 aliphatic heterocycles. The summed E-state index contributed by atoms with van der Waals surface area (Å²) in [5.74, 6) is -0.697. The molecule has 1 aromatic rings. The number of halogens is 3. The van der Waals surface area contributed by atoms with Gasteiger partial charge in [-0.3, -0.25) is 10.8 Å². The summed E-state index contributed by atoms with van der Waals surface area (Å²) in [5.41, 5.74) is 7.17. The first-order chi connectivity index (χ1) is 8.93. The highest BCUT2D eigenvalue weighted by molar-refractivity contribution is 9.10. The zero-order chi connectivity index (χ0) is 14.4. The van der Waals surface area contributed by atoms with Crippen molar-refractivity contribution in [2.75, 3.05) is 5.43 Å². The van der Waals surface area contributed by atoms with Crippen molar-refractivity contribution >= 4 is 33.2 Å². The molecule has 0 bridgehead atoms. The lowest BCUT2D eigenvalue weighted by Crippen LogP contribution is -2.22. The van der Waals surface area contributed by atoms with Gasteiger partial charge in [-0.05, 0) is 18.2 Å². The van der Waals surface area contributed by atoms with Crippen LogP contribution in [0.5, 0.6) is 5.75 Å². The normalized spacial score (nSPS) is 11.0. The van der Waals surface area contributed by atoms with E-state index < -0.39 is 12.4 Å². The summed E-state index contributed by atoms with van der Waals surface area (Å²) >= 11 is 3.11. The Balaban J connectivity index is 3.01. The van der Waals surface area contributed by atoms with Gasteiger partial charge in [0.1, 0.15) is 6.07 Å². The van der Waals surface area contributed by atoms with Crippen LogP contribution in [0.25, 0.3) is 0 Å². The Morgan fingerprint density at radius 3 is 2.79 bits per heavy atom. The highest BCUT2D eigenvalue weighted by Gasteiger charge is 2.10. The predicted octanol–water partition coefficient (Wildman–Crippen LogP) is 2.28. The van der Waals surface area contributed by atoms with Crippen LogP contribution in [0.3, 0.4) is 0 Å². The Labute approximate surface area is 115 Å². The lowest BCUT2D eigenvalue weighted by atomic mass is 10.3. The van der Waals surface area contributed by atoms with E-state index in [4.69, 9.17) is 16.4 Å². The summed E-state index contributed by atoms with van der Waals surface area (Å²) in [6, 6.07) is 5.88. The molecule has 0 unspecified atom stereocenters. The molecule has 6 nitrogen and oxygen atoms in total. The van der Waals surface area contributed by atoms with Gasteiger partial charge in [0.15, 0.2) is 11.6 Å². The Hall–Kier alpha value is -2.21. The van der Waals surface area contributed by atoms with E-state index in [1.165, 1.54) is 12.1 Å². The standard InChI is InChI=1S/C10H8BrF2N5O/c11-5-1-2-6(8(3-5)19-10(12)13)17-18-7(4-14)9(15)16/h1-3,10,17H,(H3,15,16)/b18-7+. The highest BCUT2D eigenvalue weighted by Crippen LogP contribution is 2.29. The minimum atomic E-state index is -3.00. The number of ether oxygens (including phenoxy) is 1. The van der Waals surface area contributed by atoms with Gasteiger partial charge in [-0.1, -0.05) is 15.9 Å². The molecule has 0 radical (unpaired) electrons. The summed E-state index contributed by atoms with van der Waals surface area (Å²) < 4.78 is 29.3. The van der Waals surface area contributed by atoms with Crippen LogP contribution in [0.2, 0.25) is 0 Å². The van der Waals surface area contributed by atoms with E-state index in [1.54, 1.807) is 12.1 Å². The topological polar surface area (TPSA) is 107 Å². The third-order valence-corrected chi connectivity index (χ3v) is 2.30. The molecule has 0 aliphatic rings. The lowest BCUT2D eigenvalue weighted by Gasteiger charge is -2.10. The molecule has 19 heavy (non-hydrogen) atoms. The van der Waals surface area contributed by atoms with E-state index in [0.29, 0.717) is 4.47 Å². The Bertz CT molecular complexity index is 555. The van der Waals surface area contributed by atoms with Gasteiger partial charge >= 0.3 is 6.61 Å². The molecular weight excluding hydrogens is 324 g/mol. The SMILES string of the molecule is N#C/C(=N\Nc1ccc(Br)cc1OC(F)F)C(=N)N. The molecule has 0 saturated carbocycles. The van der Waals surface area contributed by atoms with Crippen molar-refractivity contribution in [3.8, 4) is 11.8 Å². The minimum absolute atomic E-state index is 0.109. The third kappa shape index (κ3) is 4.51. The van der Waals surface area contributed by atoms with E-state index in [1.807, 2.05) is 0 Å². The van der Waals surface area contributed by atoms with Gasteiger partial charge in [-0.25, -0.2) is 0 Å². The number of hydrogen-bond donors (Lipinski definition) is 3. The van der Waals surface area contributed by atoms with Crippen LogP contribution < -0.4 is 15.9 Å². The van der Waals surface area contributed by atoms with Crippen molar-refractivity contribution in [2.24, 2.45) is 10.8 Å². The summed E-state index contributed by atoms with van der Waals surface area (Å²) in [7, 11) is 0. The molecule has 0 spiro atoms. The van der Waals surface area contributed by atoms with Crippen LogP contribution >= 0.6 is 15.9 Å². The van der Waals surface area contributed by atoms with Gasteiger partial charge in [0, 0.05) is 4.47 Å². The Morgan fingerprint density at radius 2 is 2.26 bits per heavy atom. The molecule has 0 heterocycles. The number of rotatable bonds is 5. The first-order valence-electron chi connectivity index (χ1n) is 4.76. The number of nitrogens with zero attached hydrogens (tertiary/aromatic N) is 2. The summed E-state index contributed by atoms with van der Waals surface area (Å²) in [5, 5.41) is 19.2. The van der Waals surface area contributed by atoms with Crippen LogP contribution in [-0.4, -0.2) is 18.2 Å². The lowest BCUT2D eigenvalue weighted by molar-refractivity contribution is -0.0494. The molecule has 0 amide bonds. The van der Waals surface area contributed by atoms with Crippen LogP contribution in [0, 0.1) is 16.7 Å². The van der Waals surface area contributed by atoms with Crippen LogP contribution in [0.15, 0.2) is 27.8 Å². The maximum atomic E-state index is 12.2. The molecule has 0 aromatic heterocycles. The number of hydrogen-bond acceptors (Lipinski definition) is 5. The Kier molecular flexibility index (Phi) is 5.20. The van der Waals surface area contributed by atoms with E-state index in [9.17, 15) is 8.78 Å². The van der Waals surface area contributed by atoms with E-state index in [2.05, 4.69) is 31.2 Å². The summed E-state index contributed by atoms with van der Waals surface area (Å²) in [6.45, 7) is -3.00. The largest absolute Gasteiger partial charge is 0.433 e. The van der Waals surface area contributed by atoms with Gasteiger partial charge in [-0.2, -0.15) is 19.1 Å². The van der Waals surface area contributed by atoms with E-state index in [-0.39, 0.29) is 17.1 Å². The van der Waals surface area contributed by atoms with Crippen LogP contribution in [0.1, 0.15) is 0 Å². The van der Waals surface area contributed by atoms with Gasteiger partial charge in [0.2, 0.25) is 5.71 Å². The molecule has 0 saturated heterocycles. The third-order valence-electron chi connectivity index (χ3n) is 1.81. The van der Waals surface area contributed by atoms with Gasteiger partial charge < -0.3 is 10.5 Å². The van der Waals surface area contributed by atoms with Gasteiger partial charge in [0.05, 0.1) is 5.69 Å². The van der Waals surface area contributed by atoms with E-state index >= 15 is 0 Å². The van der Waals surface area contributed by atoms with Gasteiger partial charge in [-0.15, -0.1) is 0 Å². The zero-order valence-electron chi connectivity index (χ0n) is 9.32. The second-order valence-corrected chi connectivity index (χ2v) is 4.03. The quantitative estimate of drug-likeness (QED) is 0.437. The number of benzene rings is 1. The maximum absolute atomic E-state index is 12.2.